The van der Waals surface area contributed by atoms with Crippen molar-refractivity contribution in [1.82, 2.24) is 4.90 Å². The first-order chi connectivity index (χ1) is 8.49. The van der Waals surface area contributed by atoms with Crippen LogP contribution in [0.15, 0.2) is 17.0 Å². The van der Waals surface area contributed by atoms with E-state index in [0.717, 1.165) is 11.0 Å². The third-order valence-electron chi connectivity index (χ3n) is 2.49. The maximum atomic E-state index is 13.5. The molecule has 4 nitrogen and oxygen atoms in total. The number of amides is 2. The van der Waals surface area contributed by atoms with Crippen LogP contribution in [0.4, 0.5) is 9.18 Å². The molecule has 2 rings (SSSR count). The summed E-state index contributed by atoms with van der Waals surface area (Å²) in [5.74, 6) is -1.40. The molecule has 0 atom stereocenters. The Morgan fingerprint density at radius 3 is 2.83 bits per heavy atom. The summed E-state index contributed by atoms with van der Waals surface area (Å²) in [5, 5.41) is 0.118. The van der Waals surface area contributed by atoms with Crippen molar-refractivity contribution in [2.45, 2.75) is 17.7 Å². The highest BCUT2D eigenvalue weighted by molar-refractivity contribution is 7.80. The number of rotatable bonds is 1. The van der Waals surface area contributed by atoms with E-state index in [4.69, 9.17) is 16.3 Å². The van der Waals surface area contributed by atoms with Gasteiger partial charge in [-0.15, -0.1) is 12.6 Å². The van der Waals surface area contributed by atoms with E-state index in [9.17, 15) is 14.0 Å². The summed E-state index contributed by atoms with van der Waals surface area (Å²) < 4.78 is 18.3. The van der Waals surface area contributed by atoms with Crippen LogP contribution in [0.1, 0.15) is 12.8 Å². The van der Waals surface area contributed by atoms with Crippen LogP contribution in [0.3, 0.4) is 0 Å². The second-order valence-electron chi connectivity index (χ2n) is 3.75. The predicted octanol–water partition coefficient (Wildman–Crippen LogP) is 2.89. The van der Waals surface area contributed by atoms with E-state index < -0.39 is 11.9 Å². The van der Waals surface area contributed by atoms with Gasteiger partial charge in [-0.1, -0.05) is 11.6 Å². The average Bonchev–Trinajstić information content (AvgIpc) is 2.72. The molecule has 1 heterocycles. The first-order valence-corrected chi connectivity index (χ1v) is 6.01. The monoisotopic (exact) mass is 289 g/mol. The lowest BCUT2D eigenvalue weighted by molar-refractivity contribution is -0.125. The first kappa shape index (κ1) is 13.2. The van der Waals surface area contributed by atoms with Crippen molar-refractivity contribution in [3.05, 3.63) is 23.0 Å². The van der Waals surface area contributed by atoms with Gasteiger partial charge in [0.25, 0.3) is 0 Å². The summed E-state index contributed by atoms with van der Waals surface area (Å²) in [4.78, 5) is 24.2. The van der Waals surface area contributed by atoms with Crippen molar-refractivity contribution in [3.8, 4) is 5.75 Å². The molecule has 96 valence electrons. The Morgan fingerprint density at radius 1 is 1.50 bits per heavy atom. The third-order valence-corrected chi connectivity index (χ3v) is 3.31. The first-order valence-electron chi connectivity index (χ1n) is 5.19. The van der Waals surface area contributed by atoms with Gasteiger partial charge in [-0.25, -0.2) is 14.1 Å². The number of hydrogen-bond donors (Lipinski definition) is 1. The Labute approximate surface area is 113 Å². The van der Waals surface area contributed by atoms with Gasteiger partial charge in [0.1, 0.15) is 0 Å². The molecule has 0 N–H and O–H groups in total. The zero-order chi connectivity index (χ0) is 13.3. The maximum absolute atomic E-state index is 13.5. The summed E-state index contributed by atoms with van der Waals surface area (Å²) in [7, 11) is 0. The molecule has 0 aliphatic carbocycles. The predicted molar refractivity (Wildman–Crippen MR) is 65.6 cm³/mol. The molecule has 0 bridgehead atoms. The van der Waals surface area contributed by atoms with Crippen molar-refractivity contribution in [3.63, 3.8) is 0 Å². The van der Waals surface area contributed by atoms with E-state index in [1.807, 2.05) is 0 Å². The Morgan fingerprint density at radius 2 is 2.22 bits per heavy atom. The van der Waals surface area contributed by atoms with Crippen molar-refractivity contribution in [2.24, 2.45) is 0 Å². The summed E-state index contributed by atoms with van der Waals surface area (Å²) in [6.07, 6.45) is 0.0108. The fourth-order valence-corrected chi connectivity index (χ4v) is 1.92. The number of hydrogen-bond acceptors (Lipinski definition) is 4. The Balaban J connectivity index is 2.16. The molecule has 1 aromatic carbocycles. The van der Waals surface area contributed by atoms with Crippen LogP contribution >= 0.6 is 24.2 Å². The molecule has 7 heteroatoms. The van der Waals surface area contributed by atoms with Crippen LogP contribution in [0.5, 0.6) is 5.75 Å². The standard InChI is InChI=1S/C11H9ClFNO3S/c12-6-4-7(13)8(5-9(6)18)17-11(16)14-3-1-2-10(14)15/h4-5,18H,1-3H2. The topological polar surface area (TPSA) is 46.6 Å². The van der Waals surface area contributed by atoms with Crippen LogP contribution < -0.4 is 4.74 Å². The normalized spacial score (nSPS) is 15.1. The Hall–Kier alpha value is -1.27. The SMILES string of the molecule is O=C1CCCN1C(=O)Oc1cc(S)c(Cl)cc1F. The fourth-order valence-electron chi connectivity index (χ4n) is 1.59. The molecule has 0 radical (unpaired) electrons. The lowest BCUT2D eigenvalue weighted by atomic mass is 10.3. The van der Waals surface area contributed by atoms with E-state index in [1.165, 1.54) is 6.07 Å². The van der Waals surface area contributed by atoms with Crippen LogP contribution in [-0.4, -0.2) is 23.4 Å². The molecule has 0 aromatic heterocycles. The maximum Gasteiger partial charge on any atom is 0.422 e. The van der Waals surface area contributed by atoms with E-state index in [1.54, 1.807) is 0 Å². The fraction of sp³-hybridized carbons (Fsp3) is 0.273. The van der Waals surface area contributed by atoms with Crippen LogP contribution in [0.25, 0.3) is 0 Å². The minimum absolute atomic E-state index is 0.118. The van der Waals surface area contributed by atoms with Gasteiger partial charge >= 0.3 is 6.09 Å². The third kappa shape index (κ3) is 2.59. The number of nitrogens with zero attached hydrogens (tertiary/aromatic N) is 1. The highest BCUT2D eigenvalue weighted by Gasteiger charge is 2.28. The molecule has 1 fully saturated rings. The number of thiol groups is 1. The van der Waals surface area contributed by atoms with Gasteiger partial charge < -0.3 is 4.74 Å². The van der Waals surface area contributed by atoms with E-state index in [2.05, 4.69) is 12.6 Å². The van der Waals surface area contributed by atoms with Crippen molar-refractivity contribution < 1.29 is 18.7 Å². The highest BCUT2D eigenvalue weighted by Crippen LogP contribution is 2.29. The van der Waals surface area contributed by atoms with E-state index in [0.29, 0.717) is 19.4 Å². The van der Waals surface area contributed by atoms with Gasteiger partial charge in [0, 0.05) is 17.9 Å². The molecule has 18 heavy (non-hydrogen) atoms. The lowest BCUT2D eigenvalue weighted by Gasteiger charge is -2.14. The van der Waals surface area contributed by atoms with E-state index >= 15 is 0 Å². The molecule has 1 saturated heterocycles. The molecule has 1 aromatic rings. The molecular weight excluding hydrogens is 281 g/mol. The molecule has 2 amide bonds. The molecule has 1 aliphatic heterocycles. The number of likely N-dealkylation sites (tertiary alicyclic amines) is 1. The van der Waals surface area contributed by atoms with Gasteiger partial charge in [0.15, 0.2) is 11.6 Å². The van der Waals surface area contributed by atoms with Crippen molar-refractivity contribution in [1.29, 1.82) is 0 Å². The number of benzene rings is 1. The number of imide groups is 1. The molecular formula is C11H9ClFNO3S. The Bertz CT molecular complexity index is 523. The largest absolute Gasteiger partial charge is 0.422 e. The smallest absolute Gasteiger partial charge is 0.407 e. The summed E-state index contributed by atoms with van der Waals surface area (Å²) >= 11 is 9.65. The molecule has 0 unspecified atom stereocenters. The number of ether oxygens (including phenoxy) is 1. The molecule has 0 spiro atoms. The highest BCUT2D eigenvalue weighted by atomic mass is 35.5. The van der Waals surface area contributed by atoms with Gasteiger partial charge in [0.2, 0.25) is 5.91 Å². The van der Waals surface area contributed by atoms with Crippen LogP contribution in [-0.2, 0) is 4.79 Å². The average molecular weight is 290 g/mol. The number of carbonyl (C=O) groups excluding carboxylic acids is 2. The quantitative estimate of drug-likeness (QED) is 0.809. The summed E-state index contributed by atoms with van der Waals surface area (Å²) in [6.45, 7) is 0.292. The van der Waals surface area contributed by atoms with Crippen LogP contribution in [0, 0.1) is 5.82 Å². The lowest BCUT2D eigenvalue weighted by Crippen LogP contribution is -2.34. The molecule has 0 saturated carbocycles. The zero-order valence-corrected chi connectivity index (χ0v) is 10.8. The van der Waals surface area contributed by atoms with E-state index in [-0.39, 0.29) is 21.6 Å². The van der Waals surface area contributed by atoms with Gasteiger partial charge in [-0.3, -0.25) is 4.79 Å². The van der Waals surface area contributed by atoms with Crippen molar-refractivity contribution >= 4 is 36.2 Å². The van der Waals surface area contributed by atoms with Crippen molar-refractivity contribution in [2.75, 3.05) is 6.54 Å². The Kier molecular flexibility index (Phi) is 3.77. The van der Waals surface area contributed by atoms with Gasteiger partial charge in [-0.05, 0) is 18.6 Å². The minimum atomic E-state index is -0.883. The summed E-state index contributed by atoms with van der Waals surface area (Å²) in [6, 6.07) is 2.19. The second kappa shape index (κ2) is 5.16. The number of carbonyl (C=O) groups is 2. The number of halogens is 2. The van der Waals surface area contributed by atoms with Crippen LogP contribution in [0.2, 0.25) is 5.02 Å². The van der Waals surface area contributed by atoms with Gasteiger partial charge in [-0.2, -0.15) is 0 Å². The minimum Gasteiger partial charge on any atom is -0.407 e. The van der Waals surface area contributed by atoms with Gasteiger partial charge in [0.05, 0.1) is 5.02 Å². The summed E-state index contributed by atoms with van der Waals surface area (Å²) in [5.41, 5.74) is 0. The molecule has 1 aliphatic rings. The zero-order valence-electron chi connectivity index (χ0n) is 9.15. The second-order valence-corrected chi connectivity index (χ2v) is 4.64.